The van der Waals surface area contributed by atoms with Gasteiger partial charge in [0.25, 0.3) is 0 Å². The van der Waals surface area contributed by atoms with Gasteiger partial charge < -0.3 is 15.4 Å². The maximum absolute atomic E-state index is 10.6. The largest absolute Gasteiger partial charge is 0.376 e. The summed E-state index contributed by atoms with van der Waals surface area (Å²) in [5.74, 6) is -0.119. The first-order valence-electron chi connectivity index (χ1n) is 5.09. The monoisotopic (exact) mass is 233 g/mol. The Morgan fingerprint density at radius 3 is 3.06 bits per heavy atom. The fraction of sp³-hybridized carbons (Fsp3) is 0.200. The zero-order valence-electron chi connectivity index (χ0n) is 8.96. The molecule has 0 fully saturated rings. The molecule has 0 aliphatic rings. The molecule has 2 aromatic heterocycles. The number of nitrogens with one attached hydrogen (secondary N) is 2. The Labute approximate surface area is 97.0 Å². The van der Waals surface area contributed by atoms with Crippen LogP contribution >= 0.6 is 0 Å². The zero-order chi connectivity index (χ0) is 12.1. The summed E-state index contributed by atoms with van der Waals surface area (Å²) in [6.45, 7) is 0.567. The van der Waals surface area contributed by atoms with E-state index < -0.39 is 4.92 Å². The molecular weight excluding hydrogens is 222 g/mol. The minimum atomic E-state index is -0.504. The SMILES string of the molecule is O=[N+]([O-])c1[nH]ncc1NCCc1ccccn1. The number of rotatable bonds is 5. The smallest absolute Gasteiger partial charge is 0.366 e. The van der Waals surface area contributed by atoms with Crippen LogP contribution in [0.25, 0.3) is 0 Å². The molecule has 2 N–H and O–H groups in total. The van der Waals surface area contributed by atoms with Crippen molar-refractivity contribution in [1.82, 2.24) is 15.2 Å². The maximum atomic E-state index is 10.6. The molecular formula is C10H11N5O2. The van der Waals surface area contributed by atoms with Crippen molar-refractivity contribution in [2.24, 2.45) is 0 Å². The molecule has 2 heterocycles. The summed E-state index contributed by atoms with van der Waals surface area (Å²) in [5.41, 5.74) is 1.33. The molecule has 7 nitrogen and oxygen atoms in total. The average molecular weight is 233 g/mol. The Morgan fingerprint density at radius 2 is 2.35 bits per heavy atom. The third-order valence-corrected chi connectivity index (χ3v) is 2.22. The van der Waals surface area contributed by atoms with Gasteiger partial charge in [0, 0.05) is 24.9 Å². The molecule has 0 aliphatic heterocycles. The molecule has 88 valence electrons. The van der Waals surface area contributed by atoms with Crippen LogP contribution in [-0.2, 0) is 6.42 Å². The average Bonchev–Trinajstić information content (AvgIpc) is 2.79. The maximum Gasteiger partial charge on any atom is 0.366 e. The second-order valence-electron chi connectivity index (χ2n) is 3.39. The quantitative estimate of drug-likeness (QED) is 0.600. The van der Waals surface area contributed by atoms with Crippen molar-refractivity contribution in [2.75, 3.05) is 11.9 Å². The number of H-pyrrole nitrogens is 1. The lowest BCUT2D eigenvalue weighted by molar-refractivity contribution is -0.388. The van der Waals surface area contributed by atoms with Crippen LogP contribution in [0.1, 0.15) is 5.69 Å². The highest BCUT2D eigenvalue weighted by Crippen LogP contribution is 2.19. The fourth-order valence-corrected chi connectivity index (χ4v) is 1.42. The lowest BCUT2D eigenvalue weighted by Crippen LogP contribution is -2.06. The molecule has 7 heteroatoms. The molecule has 0 amide bonds. The van der Waals surface area contributed by atoms with E-state index in [2.05, 4.69) is 20.5 Å². The van der Waals surface area contributed by atoms with Crippen molar-refractivity contribution >= 4 is 11.5 Å². The van der Waals surface area contributed by atoms with Gasteiger partial charge in [-0.2, -0.15) is 0 Å². The van der Waals surface area contributed by atoms with E-state index in [-0.39, 0.29) is 5.82 Å². The summed E-state index contributed by atoms with van der Waals surface area (Å²) >= 11 is 0. The van der Waals surface area contributed by atoms with Gasteiger partial charge in [-0.3, -0.25) is 4.98 Å². The van der Waals surface area contributed by atoms with Gasteiger partial charge >= 0.3 is 5.82 Å². The predicted molar refractivity (Wildman–Crippen MR) is 61.7 cm³/mol. The van der Waals surface area contributed by atoms with Gasteiger partial charge in [-0.15, -0.1) is 5.10 Å². The van der Waals surface area contributed by atoms with Crippen LogP contribution in [0.3, 0.4) is 0 Å². The zero-order valence-corrected chi connectivity index (χ0v) is 8.96. The summed E-state index contributed by atoms with van der Waals surface area (Å²) in [6, 6.07) is 5.66. The molecule has 0 atom stereocenters. The number of aromatic nitrogens is 3. The predicted octanol–water partition coefficient (Wildman–Crippen LogP) is 1.37. The van der Waals surface area contributed by atoms with E-state index in [9.17, 15) is 10.1 Å². The van der Waals surface area contributed by atoms with Crippen molar-refractivity contribution in [1.29, 1.82) is 0 Å². The third kappa shape index (κ3) is 2.77. The first-order valence-corrected chi connectivity index (χ1v) is 5.09. The molecule has 17 heavy (non-hydrogen) atoms. The Bertz CT molecular complexity index is 496. The van der Waals surface area contributed by atoms with E-state index >= 15 is 0 Å². The van der Waals surface area contributed by atoms with Crippen LogP contribution in [0.15, 0.2) is 30.6 Å². The molecule has 0 saturated heterocycles. The van der Waals surface area contributed by atoms with Gasteiger partial charge in [0.05, 0.1) is 0 Å². The van der Waals surface area contributed by atoms with E-state index in [1.807, 2.05) is 18.2 Å². The first-order chi connectivity index (χ1) is 8.27. The van der Waals surface area contributed by atoms with Gasteiger partial charge in [-0.05, 0) is 17.1 Å². The van der Waals surface area contributed by atoms with Gasteiger partial charge in [0.15, 0.2) is 5.69 Å². The number of hydrogen-bond donors (Lipinski definition) is 2. The Morgan fingerprint density at radius 1 is 1.47 bits per heavy atom. The van der Waals surface area contributed by atoms with Crippen molar-refractivity contribution in [3.63, 3.8) is 0 Å². The van der Waals surface area contributed by atoms with Crippen LogP contribution in [-0.4, -0.2) is 26.6 Å². The van der Waals surface area contributed by atoms with Crippen LogP contribution < -0.4 is 5.32 Å². The molecule has 2 aromatic rings. The van der Waals surface area contributed by atoms with Crippen LogP contribution in [0.2, 0.25) is 0 Å². The standard InChI is InChI=1S/C10H11N5O2/c16-15(17)10-9(7-13-14-10)12-6-4-8-3-1-2-5-11-8/h1-3,5,7,12H,4,6H2,(H,13,14). The molecule has 0 bridgehead atoms. The highest BCUT2D eigenvalue weighted by Gasteiger charge is 2.13. The topological polar surface area (TPSA) is 96.7 Å². The minimum Gasteiger partial charge on any atom is -0.376 e. The highest BCUT2D eigenvalue weighted by molar-refractivity contribution is 5.55. The second-order valence-corrected chi connectivity index (χ2v) is 3.39. The number of nitrogens with zero attached hydrogens (tertiary/aromatic N) is 3. The van der Waals surface area contributed by atoms with Crippen molar-refractivity contribution in [3.05, 3.63) is 46.4 Å². The van der Waals surface area contributed by atoms with E-state index in [0.29, 0.717) is 18.7 Å². The summed E-state index contributed by atoms with van der Waals surface area (Å²) in [7, 11) is 0. The summed E-state index contributed by atoms with van der Waals surface area (Å²) < 4.78 is 0. The molecule has 0 aromatic carbocycles. The Hall–Kier alpha value is -2.44. The van der Waals surface area contributed by atoms with E-state index in [1.165, 1.54) is 6.20 Å². The normalized spacial score (nSPS) is 10.1. The van der Waals surface area contributed by atoms with Crippen molar-refractivity contribution in [3.8, 4) is 0 Å². The van der Waals surface area contributed by atoms with Crippen LogP contribution in [0.5, 0.6) is 0 Å². The third-order valence-electron chi connectivity index (χ3n) is 2.22. The van der Waals surface area contributed by atoms with Gasteiger partial charge in [-0.1, -0.05) is 11.2 Å². The van der Waals surface area contributed by atoms with Gasteiger partial charge in [-0.25, -0.2) is 0 Å². The number of nitro groups is 1. The molecule has 0 unspecified atom stereocenters. The molecule has 0 saturated carbocycles. The molecule has 0 aliphatic carbocycles. The summed E-state index contributed by atoms with van der Waals surface area (Å²) in [5, 5.41) is 19.5. The highest BCUT2D eigenvalue weighted by atomic mass is 16.6. The Kier molecular flexibility index (Phi) is 3.29. The van der Waals surface area contributed by atoms with E-state index in [4.69, 9.17) is 0 Å². The number of aromatic amines is 1. The molecule has 0 radical (unpaired) electrons. The fourth-order valence-electron chi connectivity index (χ4n) is 1.42. The second kappa shape index (κ2) is 5.06. The first kappa shape index (κ1) is 11.1. The van der Waals surface area contributed by atoms with Crippen molar-refractivity contribution in [2.45, 2.75) is 6.42 Å². The number of anilines is 1. The van der Waals surface area contributed by atoms with Crippen LogP contribution in [0.4, 0.5) is 11.5 Å². The minimum absolute atomic E-state index is 0.119. The van der Waals surface area contributed by atoms with Crippen LogP contribution in [0, 0.1) is 10.1 Å². The van der Waals surface area contributed by atoms with Gasteiger partial charge in [0.1, 0.15) is 6.20 Å². The van der Waals surface area contributed by atoms with E-state index in [1.54, 1.807) is 6.20 Å². The number of pyridine rings is 1. The lowest BCUT2D eigenvalue weighted by Gasteiger charge is -2.03. The van der Waals surface area contributed by atoms with Gasteiger partial charge in [0.2, 0.25) is 0 Å². The summed E-state index contributed by atoms with van der Waals surface area (Å²) in [4.78, 5) is 14.3. The number of hydrogen-bond acceptors (Lipinski definition) is 5. The van der Waals surface area contributed by atoms with Crippen molar-refractivity contribution < 1.29 is 4.92 Å². The summed E-state index contributed by atoms with van der Waals surface area (Å²) in [6.07, 6.45) is 3.81. The Balaban J connectivity index is 1.90. The van der Waals surface area contributed by atoms with E-state index in [0.717, 1.165) is 5.69 Å². The molecule has 2 rings (SSSR count). The molecule has 0 spiro atoms. The lowest BCUT2D eigenvalue weighted by atomic mass is 10.3.